The summed E-state index contributed by atoms with van der Waals surface area (Å²) in [5.41, 5.74) is 1.66. The molecule has 1 fully saturated rings. The van der Waals surface area contributed by atoms with Crippen LogP contribution in [0.2, 0.25) is 5.02 Å². The number of aliphatic hydroxyl groups excluding tert-OH is 1. The molecule has 9 heteroatoms. The Labute approximate surface area is 250 Å². The first kappa shape index (κ1) is 30.2. The van der Waals surface area contributed by atoms with Crippen molar-refractivity contribution in [3.63, 3.8) is 0 Å². The van der Waals surface area contributed by atoms with Crippen LogP contribution >= 0.6 is 11.6 Å². The van der Waals surface area contributed by atoms with Gasteiger partial charge in [-0.15, -0.1) is 0 Å². The SMILES string of the molecule is COC(=O)CCN1CCC(C(O)c2cc(F)c3c(c2)C(=O)N(Cc2ccc(C)cc2)C3(OC)c2ccc(Cl)cc2)CC1. The molecule has 0 saturated carbocycles. The van der Waals surface area contributed by atoms with Crippen LogP contribution < -0.4 is 0 Å². The first-order valence-corrected chi connectivity index (χ1v) is 14.6. The van der Waals surface area contributed by atoms with Gasteiger partial charge < -0.3 is 19.5 Å². The fourth-order valence-electron chi connectivity index (χ4n) is 6.22. The Hall–Kier alpha value is -3.30. The van der Waals surface area contributed by atoms with Gasteiger partial charge in [0.05, 0.1) is 30.8 Å². The Bertz CT molecular complexity index is 1440. The van der Waals surface area contributed by atoms with Gasteiger partial charge in [-0.1, -0.05) is 53.6 Å². The quantitative estimate of drug-likeness (QED) is 0.325. The van der Waals surface area contributed by atoms with Crippen LogP contribution in [0.5, 0.6) is 0 Å². The maximum Gasteiger partial charge on any atom is 0.306 e. The lowest BCUT2D eigenvalue weighted by Gasteiger charge is -2.38. The van der Waals surface area contributed by atoms with Crippen LogP contribution in [-0.4, -0.2) is 60.6 Å². The van der Waals surface area contributed by atoms with Crippen molar-refractivity contribution >= 4 is 23.5 Å². The van der Waals surface area contributed by atoms with E-state index in [0.29, 0.717) is 55.0 Å². The van der Waals surface area contributed by atoms with E-state index in [1.807, 2.05) is 31.2 Å². The van der Waals surface area contributed by atoms with Crippen molar-refractivity contribution in [2.24, 2.45) is 5.92 Å². The van der Waals surface area contributed by atoms with E-state index in [4.69, 9.17) is 21.1 Å². The van der Waals surface area contributed by atoms with Crippen molar-refractivity contribution in [2.75, 3.05) is 33.9 Å². The van der Waals surface area contributed by atoms with E-state index in [0.717, 1.165) is 11.1 Å². The number of carbonyl (C=O) groups excluding carboxylic acids is 2. The van der Waals surface area contributed by atoms with Crippen LogP contribution in [0.25, 0.3) is 0 Å². The fraction of sp³-hybridized carbons (Fsp3) is 0.394. The number of hydrogen-bond donors (Lipinski definition) is 1. The predicted octanol–water partition coefficient (Wildman–Crippen LogP) is 5.60. The summed E-state index contributed by atoms with van der Waals surface area (Å²) in [5.74, 6) is -1.36. The summed E-state index contributed by atoms with van der Waals surface area (Å²) in [6, 6.07) is 17.6. The molecule has 7 nitrogen and oxygen atoms in total. The van der Waals surface area contributed by atoms with Crippen molar-refractivity contribution in [3.8, 4) is 0 Å². The van der Waals surface area contributed by atoms with Gasteiger partial charge >= 0.3 is 5.97 Å². The lowest BCUT2D eigenvalue weighted by atomic mass is 9.85. The first-order chi connectivity index (χ1) is 20.2. The average Bonchev–Trinajstić information content (AvgIpc) is 3.25. The minimum atomic E-state index is -1.53. The van der Waals surface area contributed by atoms with E-state index < -0.39 is 17.6 Å². The van der Waals surface area contributed by atoms with Gasteiger partial charge in [-0.2, -0.15) is 0 Å². The van der Waals surface area contributed by atoms with Crippen molar-refractivity contribution < 1.29 is 28.6 Å². The lowest BCUT2D eigenvalue weighted by molar-refractivity contribution is -0.141. The molecule has 0 aromatic heterocycles. The number of carbonyl (C=O) groups is 2. The zero-order valence-corrected chi connectivity index (χ0v) is 24.9. The molecular weight excluding hydrogens is 559 g/mol. The zero-order valence-electron chi connectivity index (χ0n) is 24.1. The Morgan fingerprint density at radius 2 is 1.76 bits per heavy atom. The number of piperidine rings is 1. The van der Waals surface area contributed by atoms with E-state index in [1.165, 1.54) is 20.3 Å². The second-order valence-electron chi connectivity index (χ2n) is 11.1. The lowest BCUT2D eigenvalue weighted by Crippen LogP contribution is -2.46. The maximum absolute atomic E-state index is 16.3. The molecule has 1 amide bonds. The van der Waals surface area contributed by atoms with Crippen molar-refractivity contribution in [1.29, 1.82) is 0 Å². The van der Waals surface area contributed by atoms with E-state index in [-0.39, 0.29) is 35.5 Å². The number of aryl methyl sites for hydroxylation is 1. The Kier molecular flexibility index (Phi) is 8.99. The number of ether oxygens (including phenoxy) is 2. The molecule has 5 rings (SSSR count). The standard InChI is InChI=1S/C33H36ClFN2O5/c1-21-4-6-22(7-5-21)20-37-32(40)27-18-24(31(39)23-12-15-36(16-13-23)17-14-29(38)41-2)19-28(35)30(27)33(37,42-3)25-8-10-26(34)11-9-25/h4-11,18-19,23,31,39H,12-17,20H2,1-3H3. The van der Waals surface area contributed by atoms with Gasteiger partial charge in [0.1, 0.15) is 5.82 Å². The molecule has 0 aliphatic carbocycles. The number of aliphatic hydroxyl groups is 1. The number of halogens is 2. The van der Waals surface area contributed by atoms with Gasteiger partial charge in [0.15, 0.2) is 5.72 Å². The molecule has 0 spiro atoms. The third-order valence-corrected chi connectivity index (χ3v) is 8.83. The highest BCUT2D eigenvalue weighted by Crippen LogP contribution is 2.48. The highest BCUT2D eigenvalue weighted by molar-refractivity contribution is 6.30. The van der Waals surface area contributed by atoms with Crippen molar-refractivity contribution in [2.45, 2.75) is 44.6 Å². The molecule has 2 aliphatic heterocycles. The number of methoxy groups -OCH3 is 2. The number of likely N-dealkylation sites (tertiary alicyclic amines) is 1. The predicted molar refractivity (Wildman–Crippen MR) is 157 cm³/mol. The van der Waals surface area contributed by atoms with Crippen LogP contribution in [0.15, 0.2) is 60.7 Å². The maximum atomic E-state index is 16.3. The minimum absolute atomic E-state index is 0.111. The van der Waals surface area contributed by atoms with Gasteiger partial charge in [-0.05, 0) is 74.2 Å². The minimum Gasteiger partial charge on any atom is -0.469 e. The number of hydrogen-bond acceptors (Lipinski definition) is 6. The molecular formula is C33H36ClFN2O5. The second kappa shape index (κ2) is 12.5. The zero-order chi connectivity index (χ0) is 30.0. The summed E-state index contributed by atoms with van der Waals surface area (Å²) in [5, 5.41) is 11.9. The van der Waals surface area contributed by atoms with Gasteiger partial charge in [-0.3, -0.25) is 14.5 Å². The number of amides is 1. The Morgan fingerprint density at radius 3 is 2.38 bits per heavy atom. The van der Waals surface area contributed by atoms with Crippen LogP contribution in [0.4, 0.5) is 4.39 Å². The number of rotatable bonds is 9. The topological polar surface area (TPSA) is 79.3 Å². The molecule has 0 bridgehead atoms. The number of benzene rings is 3. The first-order valence-electron chi connectivity index (χ1n) is 14.2. The van der Waals surface area contributed by atoms with Crippen molar-refractivity contribution in [3.05, 3.63) is 105 Å². The third kappa shape index (κ3) is 5.69. The van der Waals surface area contributed by atoms with E-state index in [1.54, 1.807) is 35.2 Å². The van der Waals surface area contributed by atoms with Gasteiger partial charge in [0.2, 0.25) is 0 Å². The summed E-state index contributed by atoms with van der Waals surface area (Å²) < 4.78 is 27.1. The highest BCUT2D eigenvalue weighted by atomic mass is 35.5. The van der Waals surface area contributed by atoms with E-state index in [9.17, 15) is 14.7 Å². The number of esters is 1. The van der Waals surface area contributed by atoms with E-state index in [2.05, 4.69) is 4.90 Å². The molecule has 42 heavy (non-hydrogen) atoms. The molecule has 1 saturated heterocycles. The number of nitrogens with zero attached hydrogens (tertiary/aromatic N) is 2. The summed E-state index contributed by atoms with van der Waals surface area (Å²) in [4.78, 5) is 29.3. The fourth-order valence-corrected chi connectivity index (χ4v) is 6.34. The third-order valence-electron chi connectivity index (χ3n) is 8.58. The summed E-state index contributed by atoms with van der Waals surface area (Å²) in [6.07, 6.45) is 0.734. The highest BCUT2D eigenvalue weighted by Gasteiger charge is 2.54. The monoisotopic (exact) mass is 594 g/mol. The molecule has 2 aliphatic rings. The largest absolute Gasteiger partial charge is 0.469 e. The van der Waals surface area contributed by atoms with Crippen LogP contribution in [0.3, 0.4) is 0 Å². The summed E-state index contributed by atoms with van der Waals surface area (Å²) >= 11 is 6.18. The Morgan fingerprint density at radius 1 is 1.10 bits per heavy atom. The molecule has 1 N–H and O–H groups in total. The Balaban J connectivity index is 1.48. The molecule has 2 unspecified atom stereocenters. The van der Waals surface area contributed by atoms with Gasteiger partial charge in [-0.25, -0.2) is 4.39 Å². The molecule has 3 aromatic carbocycles. The molecule has 2 heterocycles. The summed E-state index contributed by atoms with van der Waals surface area (Å²) in [7, 11) is 2.84. The van der Waals surface area contributed by atoms with Crippen LogP contribution in [-0.2, 0) is 26.5 Å². The second-order valence-corrected chi connectivity index (χ2v) is 11.5. The average molecular weight is 595 g/mol. The van der Waals surface area contributed by atoms with Gasteiger partial charge in [0.25, 0.3) is 5.91 Å². The van der Waals surface area contributed by atoms with Crippen molar-refractivity contribution in [1.82, 2.24) is 9.80 Å². The molecule has 0 radical (unpaired) electrons. The smallest absolute Gasteiger partial charge is 0.306 e. The van der Waals surface area contributed by atoms with E-state index >= 15 is 4.39 Å². The number of fused-ring (bicyclic) bond motifs is 1. The molecule has 222 valence electrons. The molecule has 2 atom stereocenters. The van der Waals surface area contributed by atoms with Gasteiger partial charge in [0, 0.05) is 30.8 Å². The van der Waals surface area contributed by atoms with Crippen LogP contribution in [0.1, 0.15) is 63.5 Å². The normalized spacial score (nSPS) is 20.0. The summed E-state index contributed by atoms with van der Waals surface area (Å²) in [6.45, 7) is 4.18. The van der Waals surface area contributed by atoms with Crippen LogP contribution in [0, 0.1) is 18.7 Å². The molecule has 3 aromatic rings.